The molecular weight excluding hydrogens is 383 g/mol. The maximum Gasteiger partial charge on any atom is 0.139 e. The molecule has 1 atom stereocenters. The molecule has 0 fully saturated rings. The second-order valence-electron chi connectivity index (χ2n) is 7.52. The Hall–Kier alpha value is -2.12. The van der Waals surface area contributed by atoms with E-state index in [4.69, 9.17) is 18.0 Å². The second-order valence-corrected chi connectivity index (χ2v) is 7.90. The average Bonchev–Trinajstić information content (AvgIpc) is 2.67. The summed E-state index contributed by atoms with van der Waals surface area (Å²) < 4.78 is 14.2. The number of aryl methyl sites for hydroxylation is 1. The van der Waals surface area contributed by atoms with Crippen LogP contribution in [0.4, 0.5) is 4.39 Å². The number of terminal acetylenes is 1. The third-order valence-corrected chi connectivity index (χ3v) is 5.01. The molecule has 4 heteroatoms. The molecule has 0 spiro atoms. The molecule has 2 N–H and O–H groups in total. The van der Waals surface area contributed by atoms with Crippen LogP contribution in [0.3, 0.4) is 0 Å². The minimum Gasteiger partial charge on any atom is -0.311 e. The number of hydrogen-bond donors (Lipinski definition) is 2. The van der Waals surface area contributed by atoms with Gasteiger partial charge in [0.15, 0.2) is 0 Å². The Morgan fingerprint density at radius 2 is 2.00 bits per heavy atom. The zero-order valence-corrected chi connectivity index (χ0v) is 18.4. The Balaban J connectivity index is 2.19. The van der Waals surface area contributed by atoms with Gasteiger partial charge in [-0.05, 0) is 42.7 Å². The van der Waals surface area contributed by atoms with Crippen LogP contribution < -0.4 is 10.6 Å². The van der Waals surface area contributed by atoms with E-state index in [0.717, 1.165) is 35.2 Å². The van der Waals surface area contributed by atoms with Crippen molar-refractivity contribution in [2.45, 2.75) is 52.7 Å². The zero-order chi connectivity index (χ0) is 21.4. The molecular formula is C25H30ClFN2. The molecule has 0 aliphatic heterocycles. The molecule has 0 aromatic heterocycles. The molecule has 2 nitrogen and oxygen atoms in total. The summed E-state index contributed by atoms with van der Waals surface area (Å²) in [4.78, 5) is 0. The van der Waals surface area contributed by atoms with Gasteiger partial charge in [-0.25, -0.2) is 4.39 Å². The molecule has 0 radical (unpaired) electrons. The van der Waals surface area contributed by atoms with Crippen LogP contribution in [0.25, 0.3) is 11.1 Å². The first-order valence-electron chi connectivity index (χ1n) is 10.0. The van der Waals surface area contributed by atoms with Gasteiger partial charge < -0.3 is 10.6 Å². The third-order valence-electron chi connectivity index (χ3n) is 4.56. The van der Waals surface area contributed by atoms with E-state index in [9.17, 15) is 4.39 Å². The molecule has 0 aliphatic rings. The van der Waals surface area contributed by atoms with Crippen molar-refractivity contribution in [1.82, 2.24) is 10.6 Å². The highest BCUT2D eigenvalue weighted by atomic mass is 35.5. The molecule has 154 valence electrons. The van der Waals surface area contributed by atoms with Crippen LogP contribution in [0.2, 0.25) is 5.02 Å². The van der Waals surface area contributed by atoms with Crippen LogP contribution in [-0.2, 0) is 6.54 Å². The fraction of sp³-hybridized carbons (Fsp3) is 0.360. The average molecular weight is 413 g/mol. The Bertz CT molecular complexity index is 896. The van der Waals surface area contributed by atoms with Crippen molar-refractivity contribution in [3.05, 3.63) is 70.0 Å². The summed E-state index contributed by atoms with van der Waals surface area (Å²) in [6, 6.07) is 9.58. The molecule has 0 saturated heterocycles. The van der Waals surface area contributed by atoms with E-state index in [-0.39, 0.29) is 11.6 Å². The van der Waals surface area contributed by atoms with E-state index in [1.165, 1.54) is 6.07 Å². The number of rotatable bonds is 9. The van der Waals surface area contributed by atoms with Gasteiger partial charge in [-0.2, -0.15) is 0 Å². The summed E-state index contributed by atoms with van der Waals surface area (Å²) in [7, 11) is 0. The van der Waals surface area contributed by atoms with Crippen LogP contribution >= 0.6 is 11.6 Å². The summed E-state index contributed by atoms with van der Waals surface area (Å²) in [6.45, 7) is 9.85. The lowest BCUT2D eigenvalue weighted by Crippen LogP contribution is -2.40. The van der Waals surface area contributed by atoms with E-state index >= 15 is 0 Å². The molecule has 2 rings (SSSR count). The third kappa shape index (κ3) is 6.72. The highest BCUT2D eigenvalue weighted by molar-refractivity contribution is 6.34. The maximum absolute atomic E-state index is 14.2. The summed E-state index contributed by atoms with van der Waals surface area (Å²) in [6.07, 6.45) is 10.7. The van der Waals surface area contributed by atoms with Gasteiger partial charge in [-0.1, -0.05) is 68.1 Å². The summed E-state index contributed by atoms with van der Waals surface area (Å²) >= 11 is 6.69. The highest BCUT2D eigenvalue weighted by Crippen LogP contribution is 2.33. The van der Waals surface area contributed by atoms with Crippen molar-refractivity contribution >= 4 is 11.6 Å². The molecule has 2 aromatic carbocycles. The quantitative estimate of drug-likeness (QED) is 0.398. The normalized spacial score (nSPS) is 12.5. The first-order valence-corrected chi connectivity index (χ1v) is 10.4. The zero-order valence-electron chi connectivity index (χ0n) is 17.7. The summed E-state index contributed by atoms with van der Waals surface area (Å²) in [5.41, 5.74) is 3.86. The van der Waals surface area contributed by atoms with E-state index in [2.05, 4.69) is 55.5 Å². The second kappa shape index (κ2) is 11.2. The van der Waals surface area contributed by atoms with E-state index < -0.39 is 5.82 Å². The topological polar surface area (TPSA) is 24.1 Å². The number of benzene rings is 2. The minimum absolute atomic E-state index is 0.253. The van der Waals surface area contributed by atoms with Crippen LogP contribution in [0.15, 0.2) is 42.5 Å². The van der Waals surface area contributed by atoms with Crippen LogP contribution in [0.5, 0.6) is 0 Å². The van der Waals surface area contributed by atoms with Crippen molar-refractivity contribution in [3.63, 3.8) is 0 Å². The molecule has 0 heterocycles. The standard InChI is InChI=1S/C25H30ClFN2/c1-6-8-9-22(29-17(3)4)16-28-15-21-12-18(5)13-23(25(21)26)20-11-10-19(7-2)24(27)14-20/h2,8-14,17,22,28-29H,6,15-16H2,1,3-5H3. The SMILES string of the molecule is C#Cc1ccc(-c2cc(C)cc(CNCC(C=CCC)NC(C)C)c2Cl)cc1F. The number of hydrogen-bond acceptors (Lipinski definition) is 2. The van der Waals surface area contributed by atoms with Crippen molar-refractivity contribution < 1.29 is 4.39 Å². The Kier molecular flexibility index (Phi) is 8.92. The van der Waals surface area contributed by atoms with E-state index in [1.54, 1.807) is 6.07 Å². The van der Waals surface area contributed by atoms with Crippen molar-refractivity contribution in [2.75, 3.05) is 6.54 Å². The minimum atomic E-state index is -0.410. The predicted molar refractivity (Wildman–Crippen MR) is 123 cm³/mol. The van der Waals surface area contributed by atoms with Crippen molar-refractivity contribution in [1.29, 1.82) is 0 Å². The van der Waals surface area contributed by atoms with Crippen LogP contribution in [0.1, 0.15) is 43.9 Å². The smallest absolute Gasteiger partial charge is 0.139 e. The molecule has 0 bridgehead atoms. The van der Waals surface area contributed by atoms with Gasteiger partial charge in [0.05, 0.1) is 10.6 Å². The van der Waals surface area contributed by atoms with Gasteiger partial charge in [0.2, 0.25) is 0 Å². The summed E-state index contributed by atoms with van der Waals surface area (Å²) in [5.74, 6) is 1.94. The van der Waals surface area contributed by atoms with Crippen molar-refractivity contribution in [2.24, 2.45) is 0 Å². The molecule has 0 aliphatic carbocycles. The predicted octanol–water partition coefficient (Wildman–Crippen LogP) is 5.86. The number of halogens is 2. The number of nitrogens with one attached hydrogen (secondary N) is 2. The largest absolute Gasteiger partial charge is 0.311 e. The van der Waals surface area contributed by atoms with Crippen LogP contribution in [0, 0.1) is 25.1 Å². The monoisotopic (exact) mass is 412 g/mol. The first kappa shape index (κ1) is 23.2. The molecule has 0 saturated carbocycles. The van der Waals surface area contributed by atoms with Gasteiger partial charge in [0, 0.05) is 30.7 Å². The molecule has 1 unspecified atom stereocenters. The van der Waals surface area contributed by atoms with Crippen molar-refractivity contribution in [3.8, 4) is 23.5 Å². The highest BCUT2D eigenvalue weighted by Gasteiger charge is 2.13. The maximum atomic E-state index is 14.2. The fourth-order valence-corrected chi connectivity index (χ4v) is 3.54. The Labute approximate surface area is 179 Å². The lowest BCUT2D eigenvalue weighted by atomic mass is 9.98. The van der Waals surface area contributed by atoms with Gasteiger partial charge in [-0.3, -0.25) is 0 Å². The lowest BCUT2D eigenvalue weighted by Gasteiger charge is -2.19. The molecule has 2 aromatic rings. The van der Waals surface area contributed by atoms with Gasteiger partial charge in [0.25, 0.3) is 0 Å². The van der Waals surface area contributed by atoms with Crippen LogP contribution in [-0.4, -0.2) is 18.6 Å². The molecule has 0 amide bonds. The summed E-state index contributed by atoms with van der Waals surface area (Å²) in [5, 5.41) is 7.67. The van der Waals surface area contributed by atoms with Gasteiger partial charge in [-0.15, -0.1) is 6.42 Å². The lowest BCUT2D eigenvalue weighted by molar-refractivity contribution is 0.489. The number of allylic oxidation sites excluding steroid dienone is 1. The fourth-order valence-electron chi connectivity index (χ4n) is 3.26. The first-order chi connectivity index (χ1) is 13.8. The van der Waals surface area contributed by atoms with Gasteiger partial charge >= 0.3 is 0 Å². The Morgan fingerprint density at radius 1 is 1.24 bits per heavy atom. The molecule has 29 heavy (non-hydrogen) atoms. The Morgan fingerprint density at radius 3 is 2.62 bits per heavy atom. The van der Waals surface area contributed by atoms with Gasteiger partial charge in [0.1, 0.15) is 5.82 Å². The van der Waals surface area contributed by atoms with E-state index in [1.807, 2.05) is 19.1 Å². The van der Waals surface area contributed by atoms with E-state index in [0.29, 0.717) is 17.6 Å².